The van der Waals surface area contributed by atoms with Crippen molar-refractivity contribution in [1.82, 2.24) is 4.98 Å². The van der Waals surface area contributed by atoms with Gasteiger partial charge < -0.3 is 0 Å². The maximum absolute atomic E-state index is 10.2. The molecule has 0 saturated heterocycles. The van der Waals surface area contributed by atoms with Crippen LogP contribution in [0.2, 0.25) is 5.02 Å². The van der Waals surface area contributed by atoms with E-state index in [1.807, 2.05) is 12.1 Å². The van der Waals surface area contributed by atoms with Crippen LogP contribution in [0.1, 0.15) is 0 Å². The van der Waals surface area contributed by atoms with Crippen molar-refractivity contribution in [2.24, 2.45) is 0 Å². The second kappa shape index (κ2) is 5.54. The molecule has 0 bridgehead atoms. The molecule has 3 N–H and O–H groups in total. The predicted molar refractivity (Wildman–Crippen MR) is 87.9 cm³/mol. The molecule has 3 rings (SSSR count). The standard InChI is InChI=1S/C15H13ClN2O2S/c16-12-6-7-15-11(8-12)9-13(10-17-15)18-21(19,20)14-4-2-1-3-5-14/h1-10,18-20H. The molecule has 0 amide bonds. The average molecular weight is 321 g/mol. The van der Waals surface area contributed by atoms with Gasteiger partial charge in [0.1, 0.15) is 0 Å². The lowest BCUT2D eigenvalue weighted by atomic mass is 10.2. The first-order valence-electron chi connectivity index (χ1n) is 6.21. The second-order valence-corrected chi connectivity index (χ2v) is 6.73. The van der Waals surface area contributed by atoms with Gasteiger partial charge in [-0.2, -0.15) is 0 Å². The van der Waals surface area contributed by atoms with Crippen molar-refractivity contribution in [2.45, 2.75) is 4.90 Å². The van der Waals surface area contributed by atoms with Crippen molar-refractivity contribution in [3.8, 4) is 0 Å². The van der Waals surface area contributed by atoms with E-state index >= 15 is 0 Å². The number of hydrogen-bond acceptors (Lipinski definition) is 4. The van der Waals surface area contributed by atoms with Crippen molar-refractivity contribution < 1.29 is 9.11 Å². The number of nitrogens with zero attached hydrogens (tertiary/aromatic N) is 1. The first kappa shape index (κ1) is 14.2. The fourth-order valence-corrected chi connectivity index (χ4v) is 3.27. The SMILES string of the molecule is OS(O)(Nc1cnc2ccc(Cl)cc2c1)c1ccccc1. The Bertz CT molecular complexity index is 781. The van der Waals surface area contributed by atoms with Gasteiger partial charge in [0.15, 0.2) is 0 Å². The summed E-state index contributed by atoms with van der Waals surface area (Å²) in [6.07, 6.45) is 1.56. The van der Waals surface area contributed by atoms with Crippen LogP contribution >= 0.6 is 22.4 Å². The maximum Gasteiger partial charge on any atom is 0.0801 e. The zero-order chi connectivity index (χ0) is 14.9. The van der Waals surface area contributed by atoms with Gasteiger partial charge in [0.2, 0.25) is 0 Å². The third-order valence-corrected chi connectivity index (χ3v) is 4.66. The Labute approximate surface area is 128 Å². The van der Waals surface area contributed by atoms with E-state index in [0.29, 0.717) is 15.6 Å². The highest BCUT2D eigenvalue weighted by Crippen LogP contribution is 2.47. The molecule has 4 nitrogen and oxygen atoms in total. The first-order chi connectivity index (χ1) is 10.0. The number of fused-ring (bicyclic) bond motifs is 1. The van der Waals surface area contributed by atoms with Gasteiger partial charge in [0, 0.05) is 10.4 Å². The minimum absolute atomic E-state index is 0.427. The molecule has 0 unspecified atom stereocenters. The molecule has 0 atom stereocenters. The lowest BCUT2D eigenvalue weighted by molar-refractivity contribution is 0.494. The molecule has 2 aromatic carbocycles. The van der Waals surface area contributed by atoms with E-state index in [0.717, 1.165) is 10.9 Å². The molecule has 0 aliphatic carbocycles. The molecule has 0 radical (unpaired) electrons. The topological polar surface area (TPSA) is 65.4 Å². The Hall–Kier alpha value is -1.79. The van der Waals surface area contributed by atoms with Crippen molar-refractivity contribution in [3.05, 3.63) is 65.8 Å². The minimum atomic E-state index is -3.12. The molecule has 21 heavy (non-hydrogen) atoms. The number of benzene rings is 2. The van der Waals surface area contributed by atoms with E-state index < -0.39 is 10.8 Å². The fourth-order valence-electron chi connectivity index (χ4n) is 1.99. The highest BCUT2D eigenvalue weighted by atomic mass is 35.5. The van der Waals surface area contributed by atoms with Crippen LogP contribution in [0.4, 0.5) is 5.69 Å². The molecule has 0 aliphatic rings. The summed E-state index contributed by atoms with van der Waals surface area (Å²) >= 11 is 5.96. The normalized spacial score (nSPS) is 12.3. The summed E-state index contributed by atoms with van der Waals surface area (Å²) in [5.41, 5.74) is 1.31. The summed E-state index contributed by atoms with van der Waals surface area (Å²) in [4.78, 5) is 4.70. The van der Waals surface area contributed by atoms with E-state index in [1.54, 1.807) is 48.7 Å². The molecular weight excluding hydrogens is 308 g/mol. The lowest BCUT2D eigenvalue weighted by Crippen LogP contribution is -2.09. The molecule has 0 fully saturated rings. The largest absolute Gasteiger partial charge is 0.279 e. The summed E-state index contributed by atoms with van der Waals surface area (Å²) in [5.74, 6) is 0. The second-order valence-electron chi connectivity index (χ2n) is 4.52. The number of rotatable bonds is 3. The van der Waals surface area contributed by atoms with Gasteiger partial charge in [-0.15, -0.1) is 0 Å². The van der Waals surface area contributed by atoms with E-state index in [1.165, 1.54) is 0 Å². The Morgan fingerprint density at radius 3 is 2.52 bits per heavy atom. The molecule has 0 aliphatic heterocycles. The number of halogens is 1. The van der Waals surface area contributed by atoms with E-state index in [9.17, 15) is 9.11 Å². The molecule has 108 valence electrons. The van der Waals surface area contributed by atoms with Crippen molar-refractivity contribution in [3.63, 3.8) is 0 Å². The van der Waals surface area contributed by atoms with Crippen molar-refractivity contribution >= 4 is 39.0 Å². The van der Waals surface area contributed by atoms with Gasteiger partial charge in [0.05, 0.1) is 22.3 Å². The third kappa shape index (κ3) is 3.11. The van der Waals surface area contributed by atoms with Crippen LogP contribution < -0.4 is 4.72 Å². The van der Waals surface area contributed by atoms with Crippen LogP contribution in [0.25, 0.3) is 10.9 Å². The number of aromatic nitrogens is 1. The van der Waals surface area contributed by atoms with Crippen molar-refractivity contribution in [2.75, 3.05) is 4.72 Å². The van der Waals surface area contributed by atoms with Gasteiger partial charge in [0.25, 0.3) is 0 Å². The zero-order valence-electron chi connectivity index (χ0n) is 10.9. The lowest BCUT2D eigenvalue weighted by Gasteiger charge is -2.33. The van der Waals surface area contributed by atoms with Gasteiger partial charge in [-0.1, -0.05) is 40.6 Å². The fraction of sp³-hybridized carbons (Fsp3) is 0. The van der Waals surface area contributed by atoms with Gasteiger partial charge in [-0.05, 0) is 36.4 Å². The monoisotopic (exact) mass is 320 g/mol. The maximum atomic E-state index is 10.2. The van der Waals surface area contributed by atoms with Crippen LogP contribution in [0.3, 0.4) is 0 Å². The number of anilines is 1. The molecule has 0 spiro atoms. The summed E-state index contributed by atoms with van der Waals surface area (Å²) in [6.45, 7) is 0. The van der Waals surface area contributed by atoms with Gasteiger partial charge >= 0.3 is 0 Å². The average Bonchev–Trinajstić information content (AvgIpc) is 2.47. The number of pyridine rings is 1. The summed E-state index contributed by atoms with van der Waals surface area (Å²) < 4.78 is 23.2. The highest BCUT2D eigenvalue weighted by Gasteiger charge is 2.15. The molecule has 0 saturated carbocycles. The van der Waals surface area contributed by atoms with E-state index in [2.05, 4.69) is 9.71 Å². The Balaban J connectivity index is 1.94. The summed E-state index contributed by atoms with van der Waals surface area (Å²) in [5, 5.41) is 1.44. The van der Waals surface area contributed by atoms with Crippen LogP contribution in [-0.4, -0.2) is 14.1 Å². The van der Waals surface area contributed by atoms with Crippen LogP contribution in [0.5, 0.6) is 0 Å². The summed E-state index contributed by atoms with van der Waals surface area (Å²) in [7, 11) is -3.12. The highest BCUT2D eigenvalue weighted by molar-refractivity contribution is 8.25. The van der Waals surface area contributed by atoms with Gasteiger partial charge in [-0.25, -0.2) is 0 Å². The van der Waals surface area contributed by atoms with Crippen LogP contribution in [-0.2, 0) is 0 Å². The molecular formula is C15H13ClN2O2S. The van der Waals surface area contributed by atoms with E-state index in [4.69, 9.17) is 11.6 Å². The summed E-state index contributed by atoms with van der Waals surface area (Å²) in [6, 6.07) is 15.8. The van der Waals surface area contributed by atoms with Gasteiger partial charge in [-0.3, -0.25) is 18.8 Å². The molecule has 1 aromatic heterocycles. The molecule has 6 heteroatoms. The smallest absolute Gasteiger partial charge is 0.0801 e. The Morgan fingerprint density at radius 2 is 1.76 bits per heavy atom. The minimum Gasteiger partial charge on any atom is -0.279 e. The molecule has 1 heterocycles. The number of hydrogen-bond donors (Lipinski definition) is 3. The van der Waals surface area contributed by atoms with E-state index in [-0.39, 0.29) is 0 Å². The Kier molecular flexibility index (Phi) is 3.73. The van der Waals surface area contributed by atoms with Crippen molar-refractivity contribution in [1.29, 1.82) is 0 Å². The predicted octanol–water partition coefficient (Wildman–Crippen LogP) is 5.02. The number of nitrogens with one attached hydrogen (secondary N) is 1. The van der Waals surface area contributed by atoms with Crippen LogP contribution in [0.15, 0.2) is 65.7 Å². The quantitative estimate of drug-likeness (QED) is 0.633. The Morgan fingerprint density at radius 1 is 1.00 bits per heavy atom. The van der Waals surface area contributed by atoms with Crippen LogP contribution in [0, 0.1) is 0 Å². The molecule has 3 aromatic rings. The first-order valence-corrected chi connectivity index (χ1v) is 8.13. The third-order valence-electron chi connectivity index (χ3n) is 2.98. The zero-order valence-corrected chi connectivity index (χ0v) is 12.5.